The van der Waals surface area contributed by atoms with E-state index >= 15 is 0 Å². The molecule has 12 heteroatoms. The van der Waals surface area contributed by atoms with Crippen molar-refractivity contribution in [3.05, 3.63) is 66.2 Å². The first-order chi connectivity index (χ1) is 24.1. The SMILES string of the molecule is CCCN(CCCC(CC)Cc1ccc(-c2cc3nccc(Oc4ccc(NC(=O)NC5CC5)cc4F)c3s2)nc1)C(=O)COC(=O)C(C)C. The Balaban J connectivity index is 1.16. The van der Waals surface area contributed by atoms with Crippen LogP contribution < -0.4 is 15.4 Å². The Bertz CT molecular complexity index is 1780. The lowest BCUT2D eigenvalue weighted by atomic mass is 9.93. The first-order valence-corrected chi connectivity index (χ1v) is 18.3. The van der Waals surface area contributed by atoms with E-state index in [-0.39, 0.29) is 42.2 Å². The van der Waals surface area contributed by atoms with Gasteiger partial charge in [0.1, 0.15) is 5.75 Å². The molecule has 1 unspecified atom stereocenters. The third kappa shape index (κ3) is 10.2. The van der Waals surface area contributed by atoms with Gasteiger partial charge in [-0.15, -0.1) is 11.3 Å². The van der Waals surface area contributed by atoms with Crippen LogP contribution in [0.1, 0.15) is 71.8 Å². The van der Waals surface area contributed by atoms with Gasteiger partial charge in [-0.3, -0.25) is 19.6 Å². The Labute approximate surface area is 296 Å². The first-order valence-electron chi connectivity index (χ1n) is 17.5. The highest BCUT2D eigenvalue weighted by Crippen LogP contribution is 2.39. The van der Waals surface area contributed by atoms with Crippen LogP contribution in [-0.4, -0.2) is 58.5 Å². The van der Waals surface area contributed by atoms with Crippen molar-refractivity contribution in [1.82, 2.24) is 20.2 Å². The van der Waals surface area contributed by atoms with Crippen molar-refractivity contribution < 1.29 is 28.2 Å². The highest BCUT2D eigenvalue weighted by molar-refractivity contribution is 7.22. The van der Waals surface area contributed by atoms with Crippen molar-refractivity contribution in [2.45, 2.75) is 78.7 Å². The topological polar surface area (TPSA) is 123 Å². The molecule has 0 bridgehead atoms. The molecule has 5 rings (SSSR count). The number of carbonyl (C=O) groups is 3. The molecule has 4 aromatic rings. The number of hydrogen-bond donors (Lipinski definition) is 2. The van der Waals surface area contributed by atoms with Crippen LogP contribution in [0.2, 0.25) is 0 Å². The van der Waals surface area contributed by atoms with Crippen molar-refractivity contribution in [2.75, 3.05) is 25.0 Å². The summed E-state index contributed by atoms with van der Waals surface area (Å²) in [5.41, 5.74) is 3.03. The number of pyridine rings is 2. The van der Waals surface area contributed by atoms with Gasteiger partial charge in [-0.05, 0) is 74.3 Å². The van der Waals surface area contributed by atoms with Gasteiger partial charge in [-0.2, -0.15) is 0 Å². The quantitative estimate of drug-likeness (QED) is 0.106. The maximum absolute atomic E-state index is 15.0. The van der Waals surface area contributed by atoms with Gasteiger partial charge >= 0.3 is 12.0 Å². The lowest BCUT2D eigenvalue weighted by molar-refractivity contribution is -0.154. The molecule has 0 spiro atoms. The number of fused-ring (bicyclic) bond motifs is 1. The van der Waals surface area contributed by atoms with Gasteiger partial charge in [-0.25, -0.2) is 9.18 Å². The molecule has 0 radical (unpaired) electrons. The molecule has 0 saturated heterocycles. The van der Waals surface area contributed by atoms with Gasteiger partial charge in [0.25, 0.3) is 5.91 Å². The van der Waals surface area contributed by atoms with E-state index in [9.17, 15) is 18.8 Å². The molecule has 3 amide bonds. The summed E-state index contributed by atoms with van der Waals surface area (Å²) in [6, 6.07) is 12.0. The number of halogens is 1. The highest BCUT2D eigenvalue weighted by Gasteiger charge is 2.23. The standard InChI is InChI=1S/C38H46FN5O5S/c1-5-17-44(35(45)23-48-37(46)24(3)4)18-7-8-25(6-2)19-26-9-13-30(41-22-26)34-21-31-36(50-34)33(15-16-40-31)49-32-14-12-28(20-29(32)39)43-38(47)42-27-10-11-27/h9,12-16,20-22,24-25,27H,5-8,10-11,17-19,23H2,1-4H3,(H2,42,43,47). The van der Waals surface area contributed by atoms with Gasteiger partial charge in [0, 0.05) is 49.3 Å². The minimum absolute atomic E-state index is 0.0466. The second-order valence-electron chi connectivity index (χ2n) is 13.1. The predicted octanol–water partition coefficient (Wildman–Crippen LogP) is 8.36. The smallest absolute Gasteiger partial charge is 0.319 e. The van der Waals surface area contributed by atoms with Gasteiger partial charge in [0.15, 0.2) is 18.2 Å². The summed E-state index contributed by atoms with van der Waals surface area (Å²) in [4.78, 5) is 48.5. The van der Waals surface area contributed by atoms with E-state index in [1.807, 2.05) is 25.3 Å². The van der Waals surface area contributed by atoms with Crippen molar-refractivity contribution >= 4 is 45.1 Å². The number of urea groups is 1. The van der Waals surface area contributed by atoms with E-state index in [4.69, 9.17) is 14.5 Å². The number of carbonyl (C=O) groups excluding carboxylic acids is 3. The third-order valence-electron chi connectivity index (χ3n) is 8.57. The zero-order valence-electron chi connectivity index (χ0n) is 29.2. The Kier molecular flexibility index (Phi) is 12.8. The van der Waals surface area contributed by atoms with Crippen LogP contribution in [0.15, 0.2) is 54.9 Å². The monoisotopic (exact) mass is 703 g/mol. The number of nitrogens with one attached hydrogen (secondary N) is 2. The molecule has 50 heavy (non-hydrogen) atoms. The predicted molar refractivity (Wildman–Crippen MR) is 194 cm³/mol. The number of ether oxygens (including phenoxy) is 2. The molecular formula is C38H46FN5O5S. The van der Waals surface area contributed by atoms with Crippen LogP contribution in [0.4, 0.5) is 14.9 Å². The van der Waals surface area contributed by atoms with Crippen molar-refractivity contribution in [1.29, 1.82) is 0 Å². The van der Waals surface area contributed by atoms with E-state index < -0.39 is 5.82 Å². The van der Waals surface area contributed by atoms with Crippen LogP contribution in [0.5, 0.6) is 11.5 Å². The molecule has 2 N–H and O–H groups in total. The second kappa shape index (κ2) is 17.4. The number of amides is 3. The summed E-state index contributed by atoms with van der Waals surface area (Å²) >= 11 is 1.48. The van der Waals surface area contributed by atoms with E-state index in [1.54, 1.807) is 37.1 Å². The number of benzene rings is 1. The number of esters is 1. The molecule has 3 heterocycles. The van der Waals surface area contributed by atoms with E-state index in [0.29, 0.717) is 30.4 Å². The molecular weight excluding hydrogens is 658 g/mol. The summed E-state index contributed by atoms with van der Waals surface area (Å²) in [7, 11) is 0. The molecule has 0 aliphatic heterocycles. The average molecular weight is 704 g/mol. The molecule has 3 aromatic heterocycles. The molecule has 1 atom stereocenters. The number of thiophene rings is 1. The Morgan fingerprint density at radius 3 is 2.54 bits per heavy atom. The zero-order valence-corrected chi connectivity index (χ0v) is 30.0. The number of rotatable bonds is 17. The van der Waals surface area contributed by atoms with Crippen LogP contribution in [-0.2, 0) is 20.7 Å². The number of hydrogen-bond acceptors (Lipinski definition) is 8. The summed E-state index contributed by atoms with van der Waals surface area (Å²) in [5, 5.41) is 5.47. The van der Waals surface area contributed by atoms with E-state index in [0.717, 1.165) is 71.3 Å². The summed E-state index contributed by atoms with van der Waals surface area (Å²) in [6.45, 7) is 8.80. The van der Waals surface area contributed by atoms with Gasteiger partial charge in [0.2, 0.25) is 0 Å². The first kappa shape index (κ1) is 36.7. The molecule has 1 aromatic carbocycles. The Morgan fingerprint density at radius 1 is 1.04 bits per heavy atom. The minimum atomic E-state index is -0.588. The fraction of sp³-hybridized carbons (Fsp3) is 0.447. The molecule has 1 aliphatic rings. The Morgan fingerprint density at radius 2 is 1.86 bits per heavy atom. The molecule has 1 saturated carbocycles. The largest absolute Gasteiger partial charge is 0.455 e. The zero-order chi connectivity index (χ0) is 35.6. The minimum Gasteiger partial charge on any atom is -0.455 e. The number of aromatic nitrogens is 2. The van der Waals surface area contributed by atoms with Crippen molar-refractivity contribution in [3.63, 3.8) is 0 Å². The lowest BCUT2D eigenvalue weighted by Crippen LogP contribution is -2.36. The fourth-order valence-electron chi connectivity index (χ4n) is 5.55. The van der Waals surface area contributed by atoms with Gasteiger partial charge < -0.3 is 25.0 Å². The van der Waals surface area contributed by atoms with Gasteiger partial charge in [-0.1, -0.05) is 40.2 Å². The summed E-state index contributed by atoms with van der Waals surface area (Å²) < 4.78 is 26.9. The highest BCUT2D eigenvalue weighted by atomic mass is 32.1. The van der Waals surface area contributed by atoms with Crippen molar-refractivity contribution in [2.24, 2.45) is 11.8 Å². The normalized spacial score (nSPS) is 13.2. The molecule has 266 valence electrons. The van der Waals surface area contributed by atoms with Gasteiger partial charge in [0.05, 0.1) is 26.7 Å². The lowest BCUT2D eigenvalue weighted by Gasteiger charge is -2.23. The summed E-state index contributed by atoms with van der Waals surface area (Å²) in [6.07, 6.45) is 10.1. The molecule has 1 aliphatic carbocycles. The van der Waals surface area contributed by atoms with Crippen LogP contribution in [0.25, 0.3) is 20.8 Å². The summed E-state index contributed by atoms with van der Waals surface area (Å²) in [5.74, 6) is -0.379. The van der Waals surface area contributed by atoms with Crippen molar-refractivity contribution in [3.8, 4) is 22.1 Å². The van der Waals surface area contributed by atoms with E-state index in [1.165, 1.54) is 23.5 Å². The van der Waals surface area contributed by atoms with Crippen LogP contribution >= 0.6 is 11.3 Å². The number of anilines is 1. The number of nitrogens with zero attached hydrogens (tertiary/aromatic N) is 3. The molecule has 10 nitrogen and oxygen atoms in total. The third-order valence-corrected chi connectivity index (χ3v) is 9.73. The maximum Gasteiger partial charge on any atom is 0.319 e. The van der Waals surface area contributed by atoms with E-state index in [2.05, 4.69) is 28.6 Å². The maximum atomic E-state index is 15.0. The fourth-order valence-corrected chi connectivity index (χ4v) is 6.59. The average Bonchev–Trinajstić information content (AvgIpc) is 3.80. The second-order valence-corrected chi connectivity index (χ2v) is 14.1. The van der Waals surface area contributed by atoms with Crippen LogP contribution in [0.3, 0.4) is 0 Å². The molecule has 1 fully saturated rings. The van der Waals surface area contributed by atoms with Crippen LogP contribution in [0, 0.1) is 17.7 Å². The Hall–Kier alpha value is -4.58.